The number of hydrogen-bond acceptors (Lipinski definition) is 5. The summed E-state index contributed by atoms with van der Waals surface area (Å²) in [5.74, 6) is 1.17. The van der Waals surface area contributed by atoms with Gasteiger partial charge in [0.15, 0.2) is 5.69 Å². The molecule has 1 aromatic carbocycles. The van der Waals surface area contributed by atoms with Gasteiger partial charge < -0.3 is 19.3 Å². The Bertz CT molecular complexity index is 645. The maximum Gasteiger partial charge on any atom is 0.273 e. The molecule has 1 atom stereocenters. The Morgan fingerprint density at radius 2 is 2.22 bits per heavy atom. The van der Waals surface area contributed by atoms with Gasteiger partial charge in [0.1, 0.15) is 18.1 Å². The number of amides is 1. The smallest absolute Gasteiger partial charge is 0.273 e. The van der Waals surface area contributed by atoms with Gasteiger partial charge in [0.05, 0.1) is 6.10 Å². The first-order valence-electron chi connectivity index (χ1n) is 7.75. The molecule has 1 aliphatic heterocycles. The molecule has 6 nitrogen and oxygen atoms in total. The van der Waals surface area contributed by atoms with Gasteiger partial charge in [-0.25, -0.2) is 0 Å². The molecule has 2 heterocycles. The standard InChI is InChI=1S/C17H20N2O4/c1-12-9-16(19-23-12)17(20)18-10-13-4-6-14(7-5-13)22-11-15-3-2-8-21-15/h4-7,9,15H,2-3,8,10-11H2,1H3,(H,18,20)/t15-/m1/s1. The van der Waals surface area contributed by atoms with Crippen LogP contribution in [-0.2, 0) is 11.3 Å². The molecule has 1 fully saturated rings. The van der Waals surface area contributed by atoms with E-state index < -0.39 is 0 Å². The number of nitrogens with one attached hydrogen (secondary N) is 1. The number of rotatable bonds is 6. The van der Waals surface area contributed by atoms with Crippen LogP contribution in [0.15, 0.2) is 34.9 Å². The van der Waals surface area contributed by atoms with Crippen molar-refractivity contribution < 1.29 is 18.8 Å². The van der Waals surface area contributed by atoms with Gasteiger partial charge in [-0.2, -0.15) is 0 Å². The number of benzene rings is 1. The second kappa shape index (κ2) is 7.28. The fourth-order valence-electron chi connectivity index (χ4n) is 2.41. The van der Waals surface area contributed by atoms with Gasteiger partial charge in [-0.05, 0) is 37.5 Å². The average molecular weight is 316 g/mol. The SMILES string of the molecule is Cc1cc(C(=O)NCc2ccc(OC[C@H]3CCCO3)cc2)no1. The van der Waals surface area contributed by atoms with Gasteiger partial charge in [-0.3, -0.25) is 4.79 Å². The number of carbonyl (C=O) groups excluding carboxylic acids is 1. The zero-order chi connectivity index (χ0) is 16.1. The van der Waals surface area contributed by atoms with Gasteiger partial charge in [0, 0.05) is 19.2 Å². The van der Waals surface area contributed by atoms with Gasteiger partial charge >= 0.3 is 0 Å². The molecule has 2 aromatic rings. The minimum absolute atomic E-state index is 0.208. The van der Waals surface area contributed by atoms with E-state index in [1.165, 1.54) is 0 Å². The fourth-order valence-corrected chi connectivity index (χ4v) is 2.41. The molecule has 1 aliphatic rings. The van der Waals surface area contributed by atoms with E-state index in [-0.39, 0.29) is 12.0 Å². The zero-order valence-corrected chi connectivity index (χ0v) is 13.1. The molecule has 1 saturated heterocycles. The Morgan fingerprint density at radius 1 is 1.39 bits per heavy atom. The Balaban J connectivity index is 1.46. The van der Waals surface area contributed by atoms with Crippen LogP contribution in [0.5, 0.6) is 5.75 Å². The van der Waals surface area contributed by atoms with Crippen LogP contribution in [0.4, 0.5) is 0 Å². The predicted octanol–water partition coefficient (Wildman–Crippen LogP) is 2.47. The zero-order valence-electron chi connectivity index (χ0n) is 13.1. The third-order valence-corrected chi connectivity index (χ3v) is 3.70. The lowest BCUT2D eigenvalue weighted by Gasteiger charge is -2.11. The second-order valence-electron chi connectivity index (χ2n) is 5.60. The number of ether oxygens (including phenoxy) is 2. The summed E-state index contributed by atoms with van der Waals surface area (Å²) < 4.78 is 16.1. The minimum Gasteiger partial charge on any atom is -0.491 e. The van der Waals surface area contributed by atoms with E-state index >= 15 is 0 Å². The van der Waals surface area contributed by atoms with Gasteiger partial charge in [0.2, 0.25) is 0 Å². The summed E-state index contributed by atoms with van der Waals surface area (Å²) in [6.07, 6.45) is 2.38. The van der Waals surface area contributed by atoms with E-state index in [2.05, 4.69) is 10.5 Å². The average Bonchev–Trinajstić information content (AvgIpc) is 3.23. The molecule has 122 valence electrons. The van der Waals surface area contributed by atoms with Crippen LogP contribution in [0.2, 0.25) is 0 Å². The van der Waals surface area contributed by atoms with Crippen molar-refractivity contribution in [3.63, 3.8) is 0 Å². The summed E-state index contributed by atoms with van der Waals surface area (Å²) in [5, 5.41) is 6.49. The Kier molecular flexibility index (Phi) is 4.92. The van der Waals surface area contributed by atoms with Crippen LogP contribution in [-0.4, -0.2) is 30.4 Å². The molecule has 1 amide bonds. The number of nitrogens with zero attached hydrogens (tertiary/aromatic N) is 1. The first kappa shape index (κ1) is 15.6. The molecule has 0 bridgehead atoms. The topological polar surface area (TPSA) is 73.6 Å². The molecule has 6 heteroatoms. The summed E-state index contributed by atoms with van der Waals surface area (Å²) in [6.45, 7) is 3.59. The predicted molar refractivity (Wildman–Crippen MR) is 83.3 cm³/mol. The van der Waals surface area contributed by atoms with Crippen LogP contribution < -0.4 is 10.1 Å². The molecule has 0 aliphatic carbocycles. The Morgan fingerprint density at radius 3 is 2.87 bits per heavy atom. The van der Waals surface area contributed by atoms with E-state index in [0.717, 1.165) is 30.8 Å². The van der Waals surface area contributed by atoms with Gasteiger partial charge in [-0.1, -0.05) is 17.3 Å². The third kappa shape index (κ3) is 4.32. The molecule has 0 unspecified atom stereocenters. The molecule has 0 saturated carbocycles. The summed E-state index contributed by atoms with van der Waals surface area (Å²) in [4.78, 5) is 11.9. The van der Waals surface area contributed by atoms with Crippen molar-refractivity contribution in [1.29, 1.82) is 0 Å². The second-order valence-corrected chi connectivity index (χ2v) is 5.60. The van der Waals surface area contributed by atoms with Crippen LogP contribution in [0.1, 0.15) is 34.7 Å². The molecule has 1 N–H and O–H groups in total. The van der Waals surface area contributed by atoms with Gasteiger partial charge in [0.25, 0.3) is 5.91 Å². The molecule has 23 heavy (non-hydrogen) atoms. The van der Waals surface area contributed by atoms with Crippen LogP contribution in [0, 0.1) is 6.92 Å². The van der Waals surface area contributed by atoms with Crippen molar-refractivity contribution in [2.75, 3.05) is 13.2 Å². The van der Waals surface area contributed by atoms with Crippen LogP contribution in [0.25, 0.3) is 0 Å². The summed E-state index contributed by atoms with van der Waals surface area (Å²) in [6, 6.07) is 9.27. The first-order valence-corrected chi connectivity index (χ1v) is 7.75. The summed E-state index contributed by atoms with van der Waals surface area (Å²) >= 11 is 0. The Hall–Kier alpha value is -2.34. The highest BCUT2D eigenvalue weighted by Gasteiger charge is 2.16. The number of aromatic nitrogens is 1. The highest BCUT2D eigenvalue weighted by Crippen LogP contribution is 2.16. The quantitative estimate of drug-likeness (QED) is 0.886. The summed E-state index contributed by atoms with van der Waals surface area (Å²) in [5.41, 5.74) is 1.28. The maximum atomic E-state index is 11.9. The normalized spacial score (nSPS) is 17.2. The maximum absolute atomic E-state index is 11.9. The number of aryl methyl sites for hydroxylation is 1. The van der Waals surface area contributed by atoms with Crippen molar-refractivity contribution >= 4 is 5.91 Å². The van der Waals surface area contributed by atoms with Gasteiger partial charge in [-0.15, -0.1) is 0 Å². The van der Waals surface area contributed by atoms with Crippen molar-refractivity contribution in [2.45, 2.75) is 32.4 Å². The van der Waals surface area contributed by atoms with Crippen molar-refractivity contribution in [1.82, 2.24) is 10.5 Å². The molecule has 3 rings (SSSR count). The molecule has 0 spiro atoms. The molecular formula is C17H20N2O4. The highest BCUT2D eigenvalue weighted by atomic mass is 16.5. The van der Waals surface area contributed by atoms with E-state index in [9.17, 15) is 4.79 Å². The van der Waals surface area contributed by atoms with E-state index in [0.29, 0.717) is 24.6 Å². The minimum atomic E-state index is -0.249. The van der Waals surface area contributed by atoms with Crippen LogP contribution in [0.3, 0.4) is 0 Å². The summed E-state index contributed by atoms with van der Waals surface area (Å²) in [7, 11) is 0. The molecule has 1 aromatic heterocycles. The lowest BCUT2D eigenvalue weighted by molar-refractivity contribution is 0.0679. The Labute approximate surface area is 134 Å². The molecule has 0 radical (unpaired) electrons. The highest BCUT2D eigenvalue weighted by molar-refractivity contribution is 5.92. The monoisotopic (exact) mass is 316 g/mol. The van der Waals surface area contributed by atoms with Crippen molar-refractivity contribution in [3.05, 3.63) is 47.3 Å². The van der Waals surface area contributed by atoms with E-state index in [4.69, 9.17) is 14.0 Å². The number of hydrogen-bond donors (Lipinski definition) is 1. The lowest BCUT2D eigenvalue weighted by atomic mass is 10.2. The van der Waals surface area contributed by atoms with E-state index in [1.54, 1.807) is 13.0 Å². The van der Waals surface area contributed by atoms with Crippen LogP contribution >= 0.6 is 0 Å². The third-order valence-electron chi connectivity index (χ3n) is 3.70. The fraction of sp³-hybridized carbons (Fsp3) is 0.412. The largest absolute Gasteiger partial charge is 0.491 e. The van der Waals surface area contributed by atoms with Crippen molar-refractivity contribution in [2.24, 2.45) is 0 Å². The lowest BCUT2D eigenvalue weighted by Crippen LogP contribution is -2.23. The molecular weight excluding hydrogens is 296 g/mol. The van der Waals surface area contributed by atoms with Crippen molar-refractivity contribution in [3.8, 4) is 5.75 Å². The van der Waals surface area contributed by atoms with E-state index in [1.807, 2.05) is 24.3 Å². The first-order chi connectivity index (χ1) is 11.2. The number of carbonyl (C=O) groups is 1.